The highest BCUT2D eigenvalue weighted by Crippen LogP contribution is 2.34. The van der Waals surface area contributed by atoms with Gasteiger partial charge in [0.05, 0.1) is 12.2 Å². The Labute approximate surface area is 142 Å². The molecule has 0 aliphatic rings. The number of carbonyl (C=O) groups excluding carboxylic acids is 1. The number of esters is 1. The smallest absolute Gasteiger partial charge is 0.338 e. The Bertz CT molecular complexity index is 842. The van der Waals surface area contributed by atoms with Crippen molar-refractivity contribution in [2.45, 2.75) is 17.6 Å². The van der Waals surface area contributed by atoms with E-state index in [1.165, 1.54) is 34.0 Å². The SMILES string of the molecule is CCOC(=O)c1cccc(F)c1CSc1cccc2ccsc12. The van der Waals surface area contributed by atoms with E-state index < -0.39 is 5.97 Å². The number of ether oxygens (including phenoxy) is 1. The number of halogens is 1. The van der Waals surface area contributed by atoms with Crippen molar-refractivity contribution in [3.05, 3.63) is 64.8 Å². The van der Waals surface area contributed by atoms with E-state index in [0.717, 1.165) is 4.90 Å². The molecular formula is C18H15FO2S2. The van der Waals surface area contributed by atoms with Crippen LogP contribution in [0.4, 0.5) is 4.39 Å². The lowest BCUT2D eigenvalue weighted by molar-refractivity contribution is 0.0525. The summed E-state index contributed by atoms with van der Waals surface area (Å²) >= 11 is 3.20. The summed E-state index contributed by atoms with van der Waals surface area (Å²) in [7, 11) is 0. The fourth-order valence-corrected chi connectivity index (χ4v) is 4.48. The van der Waals surface area contributed by atoms with Gasteiger partial charge in [0.1, 0.15) is 5.82 Å². The van der Waals surface area contributed by atoms with Crippen molar-refractivity contribution in [3.8, 4) is 0 Å². The Kier molecular flexibility index (Phi) is 4.98. The second kappa shape index (κ2) is 7.15. The van der Waals surface area contributed by atoms with Gasteiger partial charge in [0, 0.05) is 20.9 Å². The molecule has 0 bridgehead atoms. The number of rotatable bonds is 5. The Morgan fingerprint density at radius 1 is 1.22 bits per heavy atom. The first kappa shape index (κ1) is 16.0. The molecule has 3 rings (SSSR count). The molecule has 0 N–H and O–H groups in total. The molecule has 0 fully saturated rings. The van der Waals surface area contributed by atoms with Gasteiger partial charge in [-0.25, -0.2) is 9.18 Å². The van der Waals surface area contributed by atoms with Crippen LogP contribution in [0.5, 0.6) is 0 Å². The van der Waals surface area contributed by atoms with E-state index in [9.17, 15) is 9.18 Å². The van der Waals surface area contributed by atoms with Crippen LogP contribution in [0.3, 0.4) is 0 Å². The maximum atomic E-state index is 14.2. The average Bonchev–Trinajstić information content (AvgIpc) is 3.03. The van der Waals surface area contributed by atoms with Gasteiger partial charge in [-0.2, -0.15) is 0 Å². The van der Waals surface area contributed by atoms with Crippen LogP contribution in [0.1, 0.15) is 22.8 Å². The second-order valence-corrected chi connectivity index (χ2v) is 6.80. The van der Waals surface area contributed by atoms with Crippen molar-refractivity contribution in [2.75, 3.05) is 6.61 Å². The lowest BCUT2D eigenvalue weighted by Gasteiger charge is -2.10. The van der Waals surface area contributed by atoms with E-state index in [0.29, 0.717) is 16.9 Å². The summed E-state index contributed by atoms with van der Waals surface area (Å²) in [4.78, 5) is 13.1. The highest BCUT2D eigenvalue weighted by atomic mass is 32.2. The topological polar surface area (TPSA) is 26.3 Å². The van der Waals surface area contributed by atoms with Crippen molar-refractivity contribution in [1.82, 2.24) is 0 Å². The molecule has 1 aromatic heterocycles. The molecule has 5 heteroatoms. The summed E-state index contributed by atoms with van der Waals surface area (Å²) in [5.74, 6) is -0.462. The number of carbonyl (C=O) groups is 1. The van der Waals surface area contributed by atoms with Crippen molar-refractivity contribution in [3.63, 3.8) is 0 Å². The zero-order valence-electron chi connectivity index (χ0n) is 12.5. The highest BCUT2D eigenvalue weighted by molar-refractivity contribution is 7.98. The van der Waals surface area contributed by atoms with Gasteiger partial charge < -0.3 is 4.74 Å². The molecule has 0 aliphatic heterocycles. The van der Waals surface area contributed by atoms with Gasteiger partial charge in [0.25, 0.3) is 0 Å². The quantitative estimate of drug-likeness (QED) is 0.450. The third-order valence-electron chi connectivity index (χ3n) is 3.43. The normalized spacial score (nSPS) is 10.9. The first-order valence-corrected chi connectivity index (χ1v) is 9.10. The number of thioether (sulfide) groups is 1. The zero-order valence-corrected chi connectivity index (χ0v) is 14.2. The largest absolute Gasteiger partial charge is 0.462 e. The number of benzene rings is 2. The van der Waals surface area contributed by atoms with E-state index in [1.807, 2.05) is 17.5 Å². The van der Waals surface area contributed by atoms with Crippen molar-refractivity contribution in [2.24, 2.45) is 0 Å². The molecule has 0 saturated carbocycles. The Hall–Kier alpha value is -1.85. The van der Waals surface area contributed by atoms with Crippen molar-refractivity contribution >= 4 is 39.2 Å². The standard InChI is InChI=1S/C18H15FO2S2/c1-2-21-18(20)13-6-4-7-15(19)14(13)11-23-16-8-3-5-12-9-10-22-17(12)16/h3-10H,2,11H2,1H3. The molecule has 118 valence electrons. The molecule has 0 atom stereocenters. The maximum absolute atomic E-state index is 14.2. The molecule has 0 radical (unpaired) electrons. The van der Waals surface area contributed by atoms with Crippen LogP contribution in [0, 0.1) is 5.82 Å². The van der Waals surface area contributed by atoms with Crippen LogP contribution in [-0.2, 0) is 10.5 Å². The molecule has 0 amide bonds. The first-order valence-electron chi connectivity index (χ1n) is 7.24. The Morgan fingerprint density at radius 3 is 2.87 bits per heavy atom. The molecule has 0 aliphatic carbocycles. The van der Waals surface area contributed by atoms with Crippen LogP contribution in [-0.4, -0.2) is 12.6 Å². The molecule has 23 heavy (non-hydrogen) atoms. The number of thiophene rings is 1. The molecule has 0 spiro atoms. The number of hydrogen-bond acceptors (Lipinski definition) is 4. The van der Waals surface area contributed by atoms with Crippen LogP contribution in [0.2, 0.25) is 0 Å². The van der Waals surface area contributed by atoms with E-state index >= 15 is 0 Å². The van der Waals surface area contributed by atoms with Gasteiger partial charge in [0.15, 0.2) is 0 Å². The number of fused-ring (bicyclic) bond motifs is 1. The fraction of sp³-hybridized carbons (Fsp3) is 0.167. The molecule has 0 saturated heterocycles. The summed E-state index contributed by atoms with van der Waals surface area (Å²) in [6, 6.07) is 12.7. The summed E-state index contributed by atoms with van der Waals surface area (Å²) in [5.41, 5.74) is 0.696. The van der Waals surface area contributed by atoms with E-state index in [2.05, 4.69) is 12.1 Å². The van der Waals surface area contributed by atoms with Crippen LogP contribution in [0.25, 0.3) is 10.1 Å². The minimum Gasteiger partial charge on any atom is -0.462 e. The van der Waals surface area contributed by atoms with Crippen LogP contribution < -0.4 is 0 Å². The maximum Gasteiger partial charge on any atom is 0.338 e. The predicted molar refractivity (Wildman–Crippen MR) is 93.7 cm³/mol. The highest BCUT2D eigenvalue weighted by Gasteiger charge is 2.16. The monoisotopic (exact) mass is 346 g/mol. The Balaban J connectivity index is 1.88. The summed E-state index contributed by atoms with van der Waals surface area (Å²) in [6.07, 6.45) is 0. The average molecular weight is 346 g/mol. The summed E-state index contributed by atoms with van der Waals surface area (Å²) in [6.45, 7) is 2.01. The molecule has 3 aromatic rings. The lowest BCUT2D eigenvalue weighted by atomic mass is 10.1. The van der Waals surface area contributed by atoms with Gasteiger partial charge in [0.2, 0.25) is 0 Å². The Morgan fingerprint density at radius 2 is 2.04 bits per heavy atom. The van der Waals surface area contributed by atoms with Crippen LogP contribution in [0.15, 0.2) is 52.7 Å². The molecular weight excluding hydrogens is 331 g/mol. The minimum absolute atomic E-state index is 0.274. The lowest BCUT2D eigenvalue weighted by Crippen LogP contribution is -2.09. The van der Waals surface area contributed by atoms with Crippen LogP contribution >= 0.6 is 23.1 Å². The van der Waals surface area contributed by atoms with Crippen molar-refractivity contribution < 1.29 is 13.9 Å². The van der Waals surface area contributed by atoms with Gasteiger partial charge in [-0.1, -0.05) is 18.2 Å². The zero-order chi connectivity index (χ0) is 16.2. The van der Waals surface area contributed by atoms with E-state index in [4.69, 9.17) is 4.74 Å². The molecule has 2 nitrogen and oxygen atoms in total. The van der Waals surface area contributed by atoms with Crippen molar-refractivity contribution in [1.29, 1.82) is 0 Å². The predicted octanol–water partition coefficient (Wildman–Crippen LogP) is 5.51. The van der Waals surface area contributed by atoms with Gasteiger partial charge >= 0.3 is 5.97 Å². The summed E-state index contributed by atoms with van der Waals surface area (Å²) in [5, 5.41) is 3.22. The number of hydrogen-bond donors (Lipinski definition) is 0. The molecule has 2 aromatic carbocycles. The summed E-state index contributed by atoms with van der Waals surface area (Å²) < 4.78 is 20.4. The molecule has 1 heterocycles. The third-order valence-corrected chi connectivity index (χ3v) is 5.61. The van der Waals surface area contributed by atoms with Gasteiger partial charge in [-0.15, -0.1) is 23.1 Å². The van der Waals surface area contributed by atoms with E-state index in [1.54, 1.807) is 24.3 Å². The fourth-order valence-electron chi connectivity index (χ4n) is 2.33. The van der Waals surface area contributed by atoms with Gasteiger partial charge in [-0.3, -0.25) is 0 Å². The second-order valence-electron chi connectivity index (χ2n) is 4.87. The third kappa shape index (κ3) is 3.41. The minimum atomic E-state index is -0.475. The van der Waals surface area contributed by atoms with Gasteiger partial charge in [-0.05, 0) is 42.0 Å². The molecule has 0 unspecified atom stereocenters. The van der Waals surface area contributed by atoms with E-state index in [-0.39, 0.29) is 12.4 Å². The first-order chi connectivity index (χ1) is 11.2.